The molecule has 0 aliphatic heterocycles. The molecule has 2 aromatic heterocycles. The van der Waals surface area contributed by atoms with E-state index in [9.17, 15) is 9.36 Å². The van der Waals surface area contributed by atoms with Crippen LogP contribution in [0.15, 0.2) is 36.9 Å². The number of fused-ring (bicyclic) bond motifs is 1. The minimum Gasteiger partial charge on any atom is -0.464 e. The quantitative estimate of drug-likeness (QED) is 0.207. The lowest BCUT2D eigenvalue weighted by Gasteiger charge is -2.33. The number of hydrogen-bond donors (Lipinski definition) is 3. The molecular formula is C24H35ClN7O4P. The number of imidazole rings is 1. The largest absolute Gasteiger partial charge is 0.464 e. The summed E-state index contributed by atoms with van der Waals surface area (Å²) in [4.78, 5) is 25.1. The number of hydrogen-bond acceptors (Lipinski definition) is 8. The van der Waals surface area contributed by atoms with Gasteiger partial charge < -0.3 is 19.8 Å². The molecule has 0 saturated heterocycles. The molecule has 202 valence electrons. The van der Waals surface area contributed by atoms with Gasteiger partial charge in [-0.1, -0.05) is 30.7 Å². The smallest absolute Gasteiger partial charge is 0.326 e. The fourth-order valence-corrected chi connectivity index (χ4v) is 6.27. The molecule has 0 spiro atoms. The molecule has 3 atom stereocenters. The van der Waals surface area contributed by atoms with Gasteiger partial charge in [0.1, 0.15) is 23.7 Å². The first-order valence-corrected chi connectivity index (χ1v) is 14.3. The van der Waals surface area contributed by atoms with E-state index in [-0.39, 0.29) is 25.1 Å². The standard InChI is InChI=1S/C24H35ClN7O4P/c1-6-11-35-23(33)24(4,5)31-37(34,30-17(3)18-7-9-19(25)10-8-18)15-36-16(2)12-32-14-29-20-21(26)27-13-28-22(20)32/h7-10,13-14,16-17H,6,11-12,15H2,1-5H3,(H2,26,27,28)(H2,30,31,34)/t16-,17-,37-/m1/s1. The van der Waals surface area contributed by atoms with Gasteiger partial charge in [0.25, 0.3) is 0 Å². The summed E-state index contributed by atoms with van der Waals surface area (Å²) in [5, 5.41) is 6.77. The molecule has 0 radical (unpaired) electrons. The molecule has 0 aliphatic rings. The molecule has 3 aromatic rings. The Morgan fingerprint density at radius 1 is 1.22 bits per heavy atom. The molecule has 4 N–H and O–H groups in total. The van der Waals surface area contributed by atoms with Crippen LogP contribution in [0.25, 0.3) is 11.2 Å². The van der Waals surface area contributed by atoms with E-state index in [2.05, 4.69) is 25.1 Å². The molecule has 11 nitrogen and oxygen atoms in total. The Kier molecular flexibility index (Phi) is 9.66. The van der Waals surface area contributed by atoms with Gasteiger partial charge in [0, 0.05) is 11.1 Å². The first kappa shape index (κ1) is 29.0. The van der Waals surface area contributed by atoms with Gasteiger partial charge in [-0.05, 0) is 51.8 Å². The van der Waals surface area contributed by atoms with Gasteiger partial charge in [0.15, 0.2) is 11.5 Å². The van der Waals surface area contributed by atoms with E-state index in [0.29, 0.717) is 35.0 Å². The van der Waals surface area contributed by atoms with Crippen LogP contribution in [0.3, 0.4) is 0 Å². The predicted octanol–water partition coefficient (Wildman–Crippen LogP) is 4.29. The SMILES string of the molecule is CCCOC(=O)C(C)(C)N[P@@](=O)(CO[C@H](C)Cn1cnc2c(N)ncnc21)N[C@H](C)c1ccc(Cl)cc1. The van der Waals surface area contributed by atoms with E-state index < -0.39 is 19.0 Å². The van der Waals surface area contributed by atoms with Crippen molar-refractivity contribution in [2.75, 3.05) is 18.7 Å². The number of anilines is 1. The van der Waals surface area contributed by atoms with Crippen molar-refractivity contribution in [2.24, 2.45) is 0 Å². The van der Waals surface area contributed by atoms with Crippen molar-refractivity contribution in [3.63, 3.8) is 0 Å². The van der Waals surface area contributed by atoms with E-state index in [1.54, 1.807) is 36.9 Å². The van der Waals surface area contributed by atoms with E-state index in [1.807, 2.05) is 32.9 Å². The fourth-order valence-electron chi connectivity index (χ4n) is 3.71. The van der Waals surface area contributed by atoms with Crippen molar-refractivity contribution in [2.45, 2.75) is 65.3 Å². The molecule has 0 amide bonds. The fraction of sp³-hybridized carbons (Fsp3) is 0.500. The van der Waals surface area contributed by atoms with Crippen LogP contribution in [0.4, 0.5) is 5.82 Å². The maximum Gasteiger partial charge on any atom is 0.326 e. The van der Waals surface area contributed by atoms with Crippen molar-refractivity contribution in [3.8, 4) is 0 Å². The Bertz CT molecular complexity index is 1250. The molecule has 0 fully saturated rings. The van der Waals surface area contributed by atoms with Gasteiger partial charge in [-0.3, -0.25) is 9.36 Å². The molecule has 0 aliphatic carbocycles. The molecule has 0 unspecified atom stereocenters. The highest BCUT2D eigenvalue weighted by Gasteiger charge is 2.38. The summed E-state index contributed by atoms with van der Waals surface area (Å²) in [6.07, 6.45) is 3.13. The van der Waals surface area contributed by atoms with E-state index in [1.165, 1.54) is 6.33 Å². The van der Waals surface area contributed by atoms with E-state index >= 15 is 0 Å². The zero-order valence-electron chi connectivity index (χ0n) is 21.8. The number of nitrogens with zero attached hydrogens (tertiary/aromatic N) is 4. The monoisotopic (exact) mass is 551 g/mol. The Hall–Kier alpha value is -2.56. The number of nitrogens with two attached hydrogens (primary N) is 1. The molecular weight excluding hydrogens is 517 g/mol. The second-order valence-electron chi connectivity index (χ2n) is 9.45. The number of carbonyl (C=O) groups excluding carboxylic acids is 1. The topological polar surface area (TPSA) is 146 Å². The number of ether oxygens (including phenoxy) is 2. The molecule has 37 heavy (non-hydrogen) atoms. The minimum atomic E-state index is -3.49. The van der Waals surface area contributed by atoms with Crippen LogP contribution in [0.1, 0.15) is 52.6 Å². The molecule has 0 saturated carbocycles. The van der Waals surface area contributed by atoms with Crippen LogP contribution in [0, 0.1) is 0 Å². The summed E-state index contributed by atoms with van der Waals surface area (Å²) in [6, 6.07) is 6.92. The number of benzene rings is 1. The lowest BCUT2D eigenvalue weighted by molar-refractivity contribution is -0.149. The van der Waals surface area contributed by atoms with Crippen LogP contribution in [0.5, 0.6) is 0 Å². The lowest BCUT2D eigenvalue weighted by atomic mass is 10.1. The number of halogens is 1. The summed E-state index contributed by atoms with van der Waals surface area (Å²) in [7, 11) is -3.49. The zero-order valence-corrected chi connectivity index (χ0v) is 23.4. The van der Waals surface area contributed by atoms with Gasteiger partial charge in [-0.15, -0.1) is 0 Å². The van der Waals surface area contributed by atoms with Crippen molar-refractivity contribution in [1.29, 1.82) is 0 Å². The first-order valence-electron chi connectivity index (χ1n) is 12.1. The maximum atomic E-state index is 14.2. The van der Waals surface area contributed by atoms with Crippen molar-refractivity contribution >= 4 is 42.0 Å². The molecule has 0 bridgehead atoms. The minimum absolute atomic E-state index is 0.180. The summed E-state index contributed by atoms with van der Waals surface area (Å²) < 4.78 is 27.3. The molecule has 2 heterocycles. The van der Waals surface area contributed by atoms with Crippen LogP contribution < -0.4 is 15.9 Å². The zero-order chi connectivity index (χ0) is 27.2. The van der Waals surface area contributed by atoms with Crippen LogP contribution in [-0.2, 0) is 25.4 Å². The van der Waals surface area contributed by atoms with Gasteiger partial charge in [0.2, 0.25) is 7.44 Å². The lowest BCUT2D eigenvalue weighted by Crippen LogP contribution is -2.49. The number of nitrogens with one attached hydrogen (secondary N) is 2. The molecule has 1 aromatic carbocycles. The van der Waals surface area contributed by atoms with Gasteiger partial charge in [0.05, 0.1) is 25.6 Å². The third-order valence-corrected chi connectivity index (χ3v) is 8.09. The Morgan fingerprint density at radius 2 is 1.92 bits per heavy atom. The van der Waals surface area contributed by atoms with E-state index in [0.717, 1.165) is 5.56 Å². The number of carbonyl (C=O) groups is 1. The van der Waals surface area contributed by atoms with E-state index in [4.69, 9.17) is 26.8 Å². The van der Waals surface area contributed by atoms with Crippen molar-refractivity contribution in [1.82, 2.24) is 29.7 Å². The summed E-state index contributed by atoms with van der Waals surface area (Å²) in [5.74, 6) is -0.200. The second-order valence-corrected chi connectivity index (χ2v) is 12.1. The number of rotatable bonds is 13. The average molecular weight is 552 g/mol. The number of esters is 1. The summed E-state index contributed by atoms with van der Waals surface area (Å²) in [6.45, 7) is 9.59. The second kappa shape index (κ2) is 12.3. The average Bonchev–Trinajstić information content (AvgIpc) is 3.25. The summed E-state index contributed by atoms with van der Waals surface area (Å²) in [5.41, 5.74) is 6.62. The number of aromatic nitrogens is 4. The Morgan fingerprint density at radius 3 is 2.59 bits per heavy atom. The highest BCUT2D eigenvalue weighted by atomic mass is 35.5. The Balaban J connectivity index is 1.76. The highest BCUT2D eigenvalue weighted by Crippen LogP contribution is 2.42. The highest BCUT2D eigenvalue weighted by molar-refractivity contribution is 7.59. The first-order chi connectivity index (χ1) is 17.4. The number of nitrogen functional groups attached to an aromatic ring is 1. The van der Waals surface area contributed by atoms with Crippen molar-refractivity contribution in [3.05, 3.63) is 47.5 Å². The normalized spacial score (nSPS) is 15.3. The van der Waals surface area contributed by atoms with Crippen LogP contribution in [-0.4, -0.2) is 50.1 Å². The van der Waals surface area contributed by atoms with Crippen LogP contribution >= 0.6 is 19.0 Å². The molecule has 13 heteroatoms. The van der Waals surface area contributed by atoms with Gasteiger partial charge >= 0.3 is 5.97 Å². The van der Waals surface area contributed by atoms with Crippen LogP contribution in [0.2, 0.25) is 5.02 Å². The van der Waals surface area contributed by atoms with Gasteiger partial charge in [-0.2, -0.15) is 0 Å². The Labute approximate surface area is 222 Å². The molecule has 3 rings (SSSR count). The summed E-state index contributed by atoms with van der Waals surface area (Å²) >= 11 is 6.02. The third kappa shape index (κ3) is 7.72. The predicted molar refractivity (Wildman–Crippen MR) is 144 cm³/mol. The third-order valence-electron chi connectivity index (χ3n) is 5.60. The van der Waals surface area contributed by atoms with Crippen molar-refractivity contribution < 1.29 is 18.8 Å². The van der Waals surface area contributed by atoms with Gasteiger partial charge in [-0.25, -0.2) is 25.1 Å². The maximum absolute atomic E-state index is 14.2.